The van der Waals surface area contributed by atoms with E-state index in [1.165, 1.54) is 0 Å². The number of rotatable bonds is 7. The Morgan fingerprint density at radius 2 is 2.20 bits per heavy atom. The van der Waals surface area contributed by atoms with Crippen LogP contribution in [-0.2, 0) is 11.3 Å². The lowest BCUT2D eigenvalue weighted by Crippen LogP contribution is -2.22. The predicted octanol–water partition coefficient (Wildman–Crippen LogP) is 3.52. The van der Waals surface area contributed by atoms with Crippen LogP contribution in [0.5, 0.6) is 5.75 Å². The van der Waals surface area contributed by atoms with Gasteiger partial charge < -0.3 is 14.5 Å². The maximum atomic E-state index is 11.6. The maximum absolute atomic E-state index is 11.6. The molecule has 1 N–H and O–H groups in total. The van der Waals surface area contributed by atoms with Gasteiger partial charge in [-0.25, -0.2) is 0 Å². The van der Waals surface area contributed by atoms with E-state index in [0.29, 0.717) is 26.0 Å². The first kappa shape index (κ1) is 14.7. The third kappa shape index (κ3) is 5.09. The van der Waals surface area contributed by atoms with Crippen molar-refractivity contribution in [3.05, 3.63) is 52.9 Å². The lowest BCUT2D eigenvalue weighted by molar-refractivity contribution is -0.121. The van der Waals surface area contributed by atoms with Gasteiger partial charge in [0.15, 0.2) is 0 Å². The number of carbonyl (C=O) groups excluding carboxylic acids is 1. The fourth-order valence-corrected chi connectivity index (χ4v) is 2.05. The fourth-order valence-electron chi connectivity index (χ4n) is 1.67. The van der Waals surface area contributed by atoms with Crippen molar-refractivity contribution in [3.63, 3.8) is 0 Å². The number of carbonyl (C=O) groups is 1. The van der Waals surface area contributed by atoms with Gasteiger partial charge in [0.2, 0.25) is 5.91 Å². The summed E-state index contributed by atoms with van der Waals surface area (Å²) >= 11 is 3.38. The second-order valence-corrected chi connectivity index (χ2v) is 5.18. The van der Waals surface area contributed by atoms with Gasteiger partial charge in [0, 0.05) is 10.9 Å². The topological polar surface area (TPSA) is 51.5 Å². The first-order chi connectivity index (χ1) is 9.74. The minimum absolute atomic E-state index is 0.000702. The highest BCUT2D eigenvalue weighted by Gasteiger charge is 2.03. The van der Waals surface area contributed by atoms with E-state index in [1.54, 1.807) is 12.3 Å². The highest BCUT2D eigenvalue weighted by Crippen LogP contribution is 2.17. The van der Waals surface area contributed by atoms with E-state index >= 15 is 0 Å². The molecule has 0 aliphatic carbocycles. The molecule has 0 unspecified atom stereocenters. The lowest BCUT2D eigenvalue weighted by atomic mass is 10.3. The standard InChI is InChI=1S/C15H16BrNO3/c16-12-4-1-5-13(10-12)19-9-3-7-15(18)17-11-14-6-2-8-20-14/h1-2,4-6,8,10H,3,7,9,11H2,(H,17,18). The largest absolute Gasteiger partial charge is 0.494 e. The van der Waals surface area contributed by atoms with Crippen molar-refractivity contribution in [2.45, 2.75) is 19.4 Å². The molecule has 0 spiro atoms. The van der Waals surface area contributed by atoms with Crippen LogP contribution < -0.4 is 10.1 Å². The Kier molecular flexibility index (Phi) is 5.68. The zero-order valence-electron chi connectivity index (χ0n) is 11.0. The second kappa shape index (κ2) is 7.75. The number of hydrogen-bond acceptors (Lipinski definition) is 3. The van der Waals surface area contributed by atoms with E-state index in [1.807, 2.05) is 30.3 Å². The van der Waals surface area contributed by atoms with Crippen molar-refractivity contribution in [2.75, 3.05) is 6.61 Å². The van der Waals surface area contributed by atoms with E-state index in [0.717, 1.165) is 16.0 Å². The van der Waals surface area contributed by atoms with Crippen LogP contribution >= 0.6 is 15.9 Å². The molecule has 0 bridgehead atoms. The van der Waals surface area contributed by atoms with Gasteiger partial charge in [-0.15, -0.1) is 0 Å². The summed E-state index contributed by atoms with van der Waals surface area (Å²) in [4.78, 5) is 11.6. The molecule has 0 atom stereocenters. The van der Waals surface area contributed by atoms with Gasteiger partial charge in [0.25, 0.3) is 0 Å². The molecule has 2 aromatic rings. The summed E-state index contributed by atoms with van der Waals surface area (Å²) in [6.07, 6.45) is 2.71. The average molecular weight is 338 g/mol. The molecule has 0 saturated heterocycles. The Bertz CT molecular complexity index is 540. The quantitative estimate of drug-likeness (QED) is 0.786. The van der Waals surface area contributed by atoms with Crippen molar-refractivity contribution in [1.82, 2.24) is 5.32 Å². The van der Waals surface area contributed by atoms with E-state index in [-0.39, 0.29) is 5.91 Å². The van der Waals surface area contributed by atoms with Gasteiger partial charge in [0.05, 0.1) is 19.4 Å². The fraction of sp³-hybridized carbons (Fsp3) is 0.267. The smallest absolute Gasteiger partial charge is 0.220 e. The van der Waals surface area contributed by atoms with E-state index in [2.05, 4.69) is 21.2 Å². The summed E-state index contributed by atoms with van der Waals surface area (Å²) in [5.74, 6) is 1.55. The molecule has 4 nitrogen and oxygen atoms in total. The highest BCUT2D eigenvalue weighted by atomic mass is 79.9. The van der Waals surface area contributed by atoms with Crippen molar-refractivity contribution in [3.8, 4) is 5.75 Å². The van der Waals surface area contributed by atoms with Crippen LogP contribution in [0.15, 0.2) is 51.6 Å². The Balaban J connectivity index is 1.59. The number of furan rings is 1. The van der Waals surface area contributed by atoms with Crippen LogP contribution in [0.2, 0.25) is 0 Å². The first-order valence-corrected chi connectivity index (χ1v) is 7.21. The van der Waals surface area contributed by atoms with Gasteiger partial charge in [0.1, 0.15) is 11.5 Å². The summed E-state index contributed by atoms with van der Waals surface area (Å²) in [7, 11) is 0. The van der Waals surface area contributed by atoms with Crippen LogP contribution in [-0.4, -0.2) is 12.5 Å². The Morgan fingerprint density at radius 1 is 1.30 bits per heavy atom. The molecule has 0 aliphatic heterocycles. The monoisotopic (exact) mass is 337 g/mol. The summed E-state index contributed by atoms with van der Waals surface area (Å²) in [5, 5.41) is 2.80. The maximum Gasteiger partial charge on any atom is 0.220 e. The van der Waals surface area contributed by atoms with Crippen molar-refractivity contribution < 1.29 is 13.9 Å². The summed E-state index contributed by atoms with van der Waals surface area (Å²) < 4.78 is 11.7. The SMILES string of the molecule is O=C(CCCOc1cccc(Br)c1)NCc1ccco1. The van der Waals surface area contributed by atoms with E-state index in [9.17, 15) is 4.79 Å². The number of nitrogens with one attached hydrogen (secondary N) is 1. The van der Waals surface area contributed by atoms with Crippen molar-refractivity contribution in [2.24, 2.45) is 0 Å². The van der Waals surface area contributed by atoms with E-state index in [4.69, 9.17) is 9.15 Å². The molecule has 20 heavy (non-hydrogen) atoms. The first-order valence-electron chi connectivity index (χ1n) is 6.41. The third-order valence-electron chi connectivity index (χ3n) is 2.65. The van der Waals surface area contributed by atoms with Gasteiger partial charge in [-0.1, -0.05) is 22.0 Å². The molecule has 1 aromatic heterocycles. The summed E-state index contributed by atoms with van der Waals surface area (Å²) in [6.45, 7) is 0.947. The molecule has 1 amide bonds. The zero-order valence-corrected chi connectivity index (χ0v) is 12.6. The van der Waals surface area contributed by atoms with Gasteiger partial charge in [-0.2, -0.15) is 0 Å². The zero-order chi connectivity index (χ0) is 14.2. The number of hydrogen-bond donors (Lipinski definition) is 1. The normalized spacial score (nSPS) is 10.2. The molecule has 0 radical (unpaired) electrons. The molecule has 0 fully saturated rings. The number of benzene rings is 1. The summed E-state index contributed by atoms with van der Waals surface area (Å²) in [5.41, 5.74) is 0. The van der Waals surface area contributed by atoms with Crippen LogP contribution in [0.4, 0.5) is 0 Å². The van der Waals surface area contributed by atoms with Gasteiger partial charge in [-0.05, 0) is 36.8 Å². The number of amides is 1. The average Bonchev–Trinajstić information content (AvgIpc) is 2.95. The van der Waals surface area contributed by atoms with Crippen molar-refractivity contribution >= 4 is 21.8 Å². The lowest BCUT2D eigenvalue weighted by Gasteiger charge is -2.06. The van der Waals surface area contributed by atoms with Gasteiger partial charge in [-0.3, -0.25) is 4.79 Å². The minimum Gasteiger partial charge on any atom is -0.494 e. The van der Waals surface area contributed by atoms with Crippen molar-refractivity contribution in [1.29, 1.82) is 0 Å². The molecule has 1 aromatic carbocycles. The number of ether oxygens (including phenoxy) is 1. The summed E-state index contributed by atoms with van der Waals surface area (Å²) in [6, 6.07) is 11.3. The van der Waals surface area contributed by atoms with Crippen LogP contribution in [0.3, 0.4) is 0 Å². The molecule has 106 valence electrons. The molecule has 0 saturated carbocycles. The third-order valence-corrected chi connectivity index (χ3v) is 3.15. The molecular formula is C15H16BrNO3. The number of halogens is 1. The molecule has 1 heterocycles. The highest BCUT2D eigenvalue weighted by molar-refractivity contribution is 9.10. The Hall–Kier alpha value is -1.75. The minimum atomic E-state index is -0.000702. The second-order valence-electron chi connectivity index (χ2n) is 4.27. The van der Waals surface area contributed by atoms with Gasteiger partial charge >= 0.3 is 0 Å². The Labute approximate surface area is 126 Å². The molecule has 5 heteroatoms. The molecular weight excluding hydrogens is 322 g/mol. The van der Waals surface area contributed by atoms with Crippen LogP contribution in [0.25, 0.3) is 0 Å². The predicted molar refractivity (Wildman–Crippen MR) is 79.4 cm³/mol. The molecule has 0 aliphatic rings. The van der Waals surface area contributed by atoms with Crippen LogP contribution in [0, 0.1) is 0 Å². The Morgan fingerprint density at radius 3 is 2.95 bits per heavy atom. The van der Waals surface area contributed by atoms with E-state index < -0.39 is 0 Å². The van der Waals surface area contributed by atoms with Crippen LogP contribution in [0.1, 0.15) is 18.6 Å². The molecule has 2 rings (SSSR count).